The average Bonchev–Trinajstić information content (AvgIpc) is 2.73. The Hall–Kier alpha value is -2.62. The number of nitrogens with zero attached hydrogens (tertiary/aromatic N) is 1. The molecule has 0 fully saturated rings. The van der Waals surface area contributed by atoms with Gasteiger partial charge >= 0.3 is 0 Å². The average molecular weight is 294 g/mol. The molecular formula is C18H18N2O2. The molecule has 1 aliphatic heterocycles. The number of carbonyl (C=O) groups is 2. The summed E-state index contributed by atoms with van der Waals surface area (Å²) in [4.78, 5) is 25.9. The number of nitrogens with one attached hydrogen (secondary N) is 1. The van der Waals surface area contributed by atoms with Crippen molar-refractivity contribution in [1.82, 2.24) is 5.32 Å². The normalized spacial score (nSPS) is 16.5. The zero-order valence-corrected chi connectivity index (χ0v) is 12.7. The number of benzene rings is 2. The fourth-order valence-corrected chi connectivity index (χ4v) is 2.83. The Bertz CT molecular complexity index is 725. The maximum absolute atomic E-state index is 12.7. The largest absolute Gasteiger partial charge is 0.341 e. The summed E-state index contributed by atoms with van der Waals surface area (Å²) in [6, 6.07) is 15.2. The Labute approximate surface area is 129 Å². The second-order valence-corrected chi connectivity index (χ2v) is 5.61. The minimum absolute atomic E-state index is 0.0837. The molecule has 1 atom stereocenters. The van der Waals surface area contributed by atoms with Crippen molar-refractivity contribution in [3.05, 3.63) is 65.2 Å². The van der Waals surface area contributed by atoms with Crippen LogP contribution in [0.4, 0.5) is 5.69 Å². The summed E-state index contributed by atoms with van der Waals surface area (Å²) < 4.78 is 0. The van der Waals surface area contributed by atoms with Gasteiger partial charge in [0.05, 0.1) is 6.54 Å². The van der Waals surface area contributed by atoms with E-state index in [1.807, 2.05) is 55.5 Å². The van der Waals surface area contributed by atoms with Crippen LogP contribution in [0.25, 0.3) is 0 Å². The van der Waals surface area contributed by atoms with E-state index in [-0.39, 0.29) is 11.8 Å². The topological polar surface area (TPSA) is 49.4 Å². The third-order valence-corrected chi connectivity index (χ3v) is 3.83. The van der Waals surface area contributed by atoms with Crippen LogP contribution in [0.1, 0.15) is 29.7 Å². The fourth-order valence-electron chi connectivity index (χ4n) is 2.83. The minimum Gasteiger partial charge on any atom is -0.341 e. The molecule has 0 spiro atoms. The second kappa shape index (κ2) is 5.64. The zero-order chi connectivity index (χ0) is 15.7. The van der Waals surface area contributed by atoms with Crippen molar-refractivity contribution in [2.75, 3.05) is 4.90 Å². The molecule has 0 saturated carbocycles. The maximum Gasteiger partial charge on any atom is 0.254 e. The van der Waals surface area contributed by atoms with Gasteiger partial charge in [0, 0.05) is 18.2 Å². The van der Waals surface area contributed by atoms with Gasteiger partial charge in [-0.1, -0.05) is 48.0 Å². The predicted octanol–water partition coefficient (Wildman–Crippen LogP) is 2.72. The van der Waals surface area contributed by atoms with Gasteiger partial charge in [0.15, 0.2) is 0 Å². The Morgan fingerprint density at radius 2 is 1.91 bits per heavy atom. The van der Waals surface area contributed by atoms with E-state index in [0.717, 1.165) is 22.4 Å². The van der Waals surface area contributed by atoms with Gasteiger partial charge in [-0.05, 0) is 18.6 Å². The van der Waals surface area contributed by atoms with E-state index in [2.05, 4.69) is 5.32 Å². The summed E-state index contributed by atoms with van der Waals surface area (Å²) in [6.07, 6.45) is 0. The molecule has 1 aliphatic rings. The van der Waals surface area contributed by atoms with Crippen LogP contribution >= 0.6 is 0 Å². The highest BCUT2D eigenvalue weighted by atomic mass is 16.2. The Balaban J connectivity index is 1.98. The summed E-state index contributed by atoms with van der Waals surface area (Å²) in [6.45, 7) is 3.92. The second-order valence-electron chi connectivity index (χ2n) is 5.61. The molecule has 0 bridgehead atoms. The van der Waals surface area contributed by atoms with Crippen LogP contribution in [0.3, 0.4) is 0 Å². The fraction of sp³-hybridized carbons (Fsp3) is 0.222. The molecule has 1 heterocycles. The highest BCUT2D eigenvalue weighted by Crippen LogP contribution is 2.37. The first-order valence-electron chi connectivity index (χ1n) is 7.29. The van der Waals surface area contributed by atoms with Gasteiger partial charge in [0.25, 0.3) is 5.91 Å². The van der Waals surface area contributed by atoms with Gasteiger partial charge in [-0.3, -0.25) is 9.59 Å². The van der Waals surface area contributed by atoms with Crippen LogP contribution in [-0.2, 0) is 16.1 Å². The Morgan fingerprint density at radius 3 is 2.59 bits per heavy atom. The van der Waals surface area contributed by atoms with Crippen LogP contribution in [0, 0.1) is 6.92 Å². The van der Waals surface area contributed by atoms with Crippen molar-refractivity contribution in [1.29, 1.82) is 0 Å². The van der Waals surface area contributed by atoms with Crippen LogP contribution in [0.5, 0.6) is 0 Å². The molecule has 2 aromatic carbocycles. The lowest BCUT2D eigenvalue weighted by Gasteiger charge is -2.18. The van der Waals surface area contributed by atoms with Gasteiger partial charge < -0.3 is 10.2 Å². The lowest BCUT2D eigenvalue weighted by atomic mass is 10.1. The molecule has 0 aliphatic carbocycles. The highest BCUT2D eigenvalue weighted by molar-refractivity contribution is 6.06. The van der Waals surface area contributed by atoms with Crippen LogP contribution in [0.15, 0.2) is 48.5 Å². The predicted molar refractivity (Wildman–Crippen MR) is 85.4 cm³/mol. The molecular weight excluding hydrogens is 276 g/mol. The summed E-state index contributed by atoms with van der Waals surface area (Å²) >= 11 is 0. The van der Waals surface area contributed by atoms with E-state index in [4.69, 9.17) is 0 Å². The molecule has 4 heteroatoms. The van der Waals surface area contributed by atoms with Crippen molar-refractivity contribution in [3.8, 4) is 0 Å². The van der Waals surface area contributed by atoms with E-state index < -0.39 is 6.04 Å². The van der Waals surface area contributed by atoms with Crippen molar-refractivity contribution in [2.24, 2.45) is 0 Å². The monoisotopic (exact) mass is 294 g/mol. The van der Waals surface area contributed by atoms with Crippen molar-refractivity contribution in [2.45, 2.75) is 26.4 Å². The van der Waals surface area contributed by atoms with Crippen molar-refractivity contribution < 1.29 is 9.59 Å². The molecule has 0 saturated heterocycles. The molecule has 2 amide bonds. The first-order chi connectivity index (χ1) is 10.6. The number of hydrogen-bond donors (Lipinski definition) is 1. The van der Waals surface area contributed by atoms with Gasteiger partial charge in [-0.15, -0.1) is 0 Å². The first kappa shape index (κ1) is 14.3. The molecule has 2 aromatic rings. The minimum atomic E-state index is -0.587. The van der Waals surface area contributed by atoms with Crippen LogP contribution < -0.4 is 10.2 Å². The number of hydrogen-bond acceptors (Lipinski definition) is 2. The molecule has 112 valence electrons. The zero-order valence-electron chi connectivity index (χ0n) is 12.7. The van der Waals surface area contributed by atoms with Gasteiger partial charge in [-0.2, -0.15) is 0 Å². The van der Waals surface area contributed by atoms with Gasteiger partial charge in [0.2, 0.25) is 5.91 Å². The molecule has 0 aromatic heterocycles. The standard InChI is InChI=1S/C18H18N2O2/c1-12-8-9-16-15(10-12)17(19-13(2)21)18(22)20(16)11-14-6-4-3-5-7-14/h3-10,17H,11H2,1-2H3,(H,19,21)/t17-/m0/s1. The smallest absolute Gasteiger partial charge is 0.254 e. The summed E-state index contributed by atoms with van der Waals surface area (Å²) in [5.41, 5.74) is 3.88. The molecule has 3 rings (SSSR count). The van der Waals surface area contributed by atoms with E-state index >= 15 is 0 Å². The van der Waals surface area contributed by atoms with E-state index in [1.54, 1.807) is 4.90 Å². The quantitative estimate of drug-likeness (QED) is 0.946. The third-order valence-electron chi connectivity index (χ3n) is 3.83. The van der Waals surface area contributed by atoms with E-state index in [9.17, 15) is 9.59 Å². The van der Waals surface area contributed by atoms with E-state index in [0.29, 0.717) is 6.54 Å². The van der Waals surface area contributed by atoms with Crippen molar-refractivity contribution >= 4 is 17.5 Å². The molecule has 0 unspecified atom stereocenters. The number of carbonyl (C=O) groups excluding carboxylic acids is 2. The summed E-state index contributed by atoms with van der Waals surface area (Å²) in [7, 11) is 0. The number of rotatable bonds is 3. The molecule has 4 nitrogen and oxygen atoms in total. The first-order valence-corrected chi connectivity index (χ1v) is 7.29. The number of aryl methyl sites for hydroxylation is 1. The number of fused-ring (bicyclic) bond motifs is 1. The SMILES string of the molecule is CC(=O)N[C@@H]1C(=O)N(Cc2ccccc2)c2ccc(C)cc21. The number of anilines is 1. The van der Waals surface area contributed by atoms with Gasteiger partial charge in [0.1, 0.15) is 6.04 Å². The Kier molecular flexibility index (Phi) is 3.67. The van der Waals surface area contributed by atoms with Crippen molar-refractivity contribution in [3.63, 3.8) is 0 Å². The van der Waals surface area contributed by atoms with Crippen LogP contribution in [0.2, 0.25) is 0 Å². The van der Waals surface area contributed by atoms with Crippen LogP contribution in [-0.4, -0.2) is 11.8 Å². The lowest BCUT2D eigenvalue weighted by molar-refractivity contribution is -0.126. The lowest BCUT2D eigenvalue weighted by Crippen LogP contribution is -2.36. The van der Waals surface area contributed by atoms with E-state index in [1.165, 1.54) is 6.92 Å². The third kappa shape index (κ3) is 2.60. The summed E-state index contributed by atoms with van der Waals surface area (Å²) in [5, 5.41) is 2.76. The number of amides is 2. The molecule has 1 N–H and O–H groups in total. The summed E-state index contributed by atoms with van der Waals surface area (Å²) in [5.74, 6) is -0.285. The molecule has 22 heavy (non-hydrogen) atoms. The Morgan fingerprint density at radius 1 is 1.18 bits per heavy atom. The molecule has 0 radical (unpaired) electrons. The highest BCUT2D eigenvalue weighted by Gasteiger charge is 2.37. The van der Waals surface area contributed by atoms with Gasteiger partial charge in [-0.25, -0.2) is 0 Å². The maximum atomic E-state index is 12.7.